The summed E-state index contributed by atoms with van der Waals surface area (Å²) in [6.45, 7) is 5.82. The van der Waals surface area contributed by atoms with E-state index in [4.69, 9.17) is 19.9 Å². The van der Waals surface area contributed by atoms with Gasteiger partial charge in [-0.1, -0.05) is 0 Å². The highest BCUT2D eigenvalue weighted by Crippen LogP contribution is 2.35. The monoisotopic (exact) mass is 319 g/mol. The fourth-order valence-electron chi connectivity index (χ4n) is 2.30. The molecule has 1 amide bonds. The summed E-state index contributed by atoms with van der Waals surface area (Å²) in [7, 11) is 0. The van der Waals surface area contributed by atoms with Crippen LogP contribution in [-0.4, -0.2) is 30.7 Å². The lowest BCUT2D eigenvalue weighted by Gasteiger charge is -2.10. The third-order valence-electron chi connectivity index (χ3n) is 3.42. The molecule has 1 aliphatic rings. The number of benzene rings is 1. The maximum atomic E-state index is 11.7. The minimum absolute atomic E-state index is 0.125. The highest BCUT2D eigenvalue weighted by atomic mass is 16.5. The summed E-state index contributed by atoms with van der Waals surface area (Å²) in [5.41, 5.74) is 6.85. The maximum absolute atomic E-state index is 11.7. The molecule has 124 valence electrons. The average molecular weight is 319 g/mol. The van der Waals surface area contributed by atoms with E-state index in [1.165, 1.54) is 13.0 Å². The van der Waals surface area contributed by atoms with Crippen molar-refractivity contribution in [2.45, 2.75) is 39.4 Å². The van der Waals surface area contributed by atoms with Crippen LogP contribution in [0.4, 0.5) is 0 Å². The van der Waals surface area contributed by atoms with Crippen LogP contribution in [0, 0.1) is 0 Å². The molecular weight excluding hydrogens is 298 g/mol. The van der Waals surface area contributed by atoms with Crippen LogP contribution in [0.2, 0.25) is 0 Å². The highest BCUT2D eigenvalue weighted by molar-refractivity contribution is 5.90. The zero-order valence-electron chi connectivity index (χ0n) is 13.5. The van der Waals surface area contributed by atoms with Gasteiger partial charge in [-0.05, 0) is 39.0 Å². The van der Waals surface area contributed by atoms with Gasteiger partial charge < -0.3 is 19.9 Å². The molecule has 0 aromatic heterocycles. The molecule has 0 radical (unpaired) electrons. The maximum Gasteiger partial charge on any atom is 0.331 e. The smallest absolute Gasteiger partial charge is 0.331 e. The van der Waals surface area contributed by atoms with Gasteiger partial charge in [0.05, 0.1) is 6.61 Å². The van der Waals surface area contributed by atoms with Gasteiger partial charge in [-0.25, -0.2) is 4.79 Å². The van der Waals surface area contributed by atoms with E-state index < -0.39 is 18.0 Å². The number of carbonyl (C=O) groups excluding carboxylic acids is 2. The van der Waals surface area contributed by atoms with Crippen molar-refractivity contribution >= 4 is 18.0 Å². The molecule has 2 rings (SSSR count). The molecule has 2 N–H and O–H groups in total. The second kappa shape index (κ2) is 7.17. The first-order chi connectivity index (χ1) is 10.9. The van der Waals surface area contributed by atoms with E-state index in [2.05, 4.69) is 0 Å². The number of hydrogen-bond donors (Lipinski definition) is 1. The molecule has 1 aliphatic heterocycles. The molecule has 23 heavy (non-hydrogen) atoms. The van der Waals surface area contributed by atoms with E-state index in [-0.39, 0.29) is 6.10 Å². The van der Waals surface area contributed by atoms with Crippen molar-refractivity contribution in [3.63, 3.8) is 0 Å². The van der Waals surface area contributed by atoms with Gasteiger partial charge in [0.15, 0.2) is 6.10 Å². The Balaban J connectivity index is 2.18. The quantitative estimate of drug-likeness (QED) is 0.638. The van der Waals surface area contributed by atoms with Crippen molar-refractivity contribution in [2.24, 2.45) is 5.73 Å². The average Bonchev–Trinajstić information content (AvgIpc) is 2.84. The van der Waals surface area contributed by atoms with Crippen LogP contribution >= 0.6 is 0 Å². The first-order valence-corrected chi connectivity index (χ1v) is 7.55. The van der Waals surface area contributed by atoms with E-state index in [0.29, 0.717) is 17.9 Å². The van der Waals surface area contributed by atoms with Gasteiger partial charge in [0.1, 0.15) is 17.6 Å². The molecule has 6 heteroatoms. The molecule has 0 unspecified atom stereocenters. The van der Waals surface area contributed by atoms with Crippen LogP contribution in [0.3, 0.4) is 0 Å². The Morgan fingerprint density at radius 2 is 2.22 bits per heavy atom. The molecule has 0 bridgehead atoms. The number of esters is 1. The standard InChI is InChI=1S/C17H21NO5/c1-4-21-14-9-13-7-10(2)22-15(13)8-12(14)5-6-16(19)23-11(3)17(18)20/h5-6,8-11H,4,7H2,1-3H3,(H2,18,20)/b6-5+/t10-,11-/m0/s1. The Bertz CT molecular complexity index is 638. The van der Waals surface area contributed by atoms with Crippen molar-refractivity contribution in [1.82, 2.24) is 0 Å². The molecule has 0 aliphatic carbocycles. The van der Waals surface area contributed by atoms with E-state index in [1.807, 2.05) is 26.0 Å². The zero-order valence-corrected chi connectivity index (χ0v) is 13.5. The lowest BCUT2D eigenvalue weighted by Crippen LogP contribution is -2.29. The molecule has 1 heterocycles. The van der Waals surface area contributed by atoms with Crippen LogP contribution in [0.25, 0.3) is 6.08 Å². The molecule has 1 aromatic rings. The number of hydrogen-bond acceptors (Lipinski definition) is 5. The second-order valence-corrected chi connectivity index (χ2v) is 5.38. The SMILES string of the molecule is CCOc1cc2c(cc1/C=C/C(=O)O[C@@H](C)C(N)=O)O[C@@H](C)C2. The molecule has 0 saturated heterocycles. The summed E-state index contributed by atoms with van der Waals surface area (Å²) in [5, 5.41) is 0. The Morgan fingerprint density at radius 3 is 2.87 bits per heavy atom. The normalized spacial score (nSPS) is 17.4. The van der Waals surface area contributed by atoms with Crippen LogP contribution in [0.15, 0.2) is 18.2 Å². The van der Waals surface area contributed by atoms with Crippen molar-refractivity contribution < 1.29 is 23.8 Å². The summed E-state index contributed by atoms with van der Waals surface area (Å²) in [6.07, 6.45) is 2.80. The Labute approximate surface area is 135 Å². The van der Waals surface area contributed by atoms with Gasteiger partial charge in [0, 0.05) is 23.6 Å². The third kappa shape index (κ3) is 4.25. The lowest BCUT2D eigenvalue weighted by atomic mass is 10.1. The van der Waals surface area contributed by atoms with Crippen molar-refractivity contribution in [3.05, 3.63) is 29.3 Å². The van der Waals surface area contributed by atoms with Gasteiger partial charge in [-0.15, -0.1) is 0 Å². The van der Waals surface area contributed by atoms with Crippen molar-refractivity contribution in [2.75, 3.05) is 6.61 Å². The number of fused-ring (bicyclic) bond motifs is 1. The molecule has 0 fully saturated rings. The number of nitrogens with two attached hydrogens (primary N) is 1. The molecule has 2 atom stereocenters. The van der Waals surface area contributed by atoms with Crippen LogP contribution in [0.5, 0.6) is 11.5 Å². The number of ether oxygens (including phenoxy) is 3. The Hall–Kier alpha value is -2.50. The van der Waals surface area contributed by atoms with Gasteiger partial charge >= 0.3 is 5.97 Å². The number of primary amides is 1. The number of amides is 1. The summed E-state index contributed by atoms with van der Waals surface area (Å²) in [4.78, 5) is 22.6. The predicted molar refractivity (Wildman–Crippen MR) is 85.2 cm³/mol. The van der Waals surface area contributed by atoms with E-state index in [1.54, 1.807) is 6.08 Å². The van der Waals surface area contributed by atoms with E-state index >= 15 is 0 Å². The predicted octanol–water partition coefficient (Wildman–Crippen LogP) is 1.84. The topological polar surface area (TPSA) is 87.9 Å². The van der Waals surface area contributed by atoms with Crippen molar-refractivity contribution in [3.8, 4) is 11.5 Å². The van der Waals surface area contributed by atoms with E-state index in [0.717, 1.165) is 17.7 Å². The van der Waals surface area contributed by atoms with Crippen LogP contribution in [0.1, 0.15) is 31.9 Å². The van der Waals surface area contributed by atoms with Gasteiger partial charge in [-0.2, -0.15) is 0 Å². The molecule has 1 aromatic carbocycles. The van der Waals surface area contributed by atoms with Gasteiger partial charge in [-0.3, -0.25) is 4.79 Å². The molecule has 0 spiro atoms. The molecular formula is C17H21NO5. The number of carbonyl (C=O) groups is 2. The van der Waals surface area contributed by atoms with E-state index in [9.17, 15) is 9.59 Å². The Kier molecular flexibility index (Phi) is 5.26. The van der Waals surface area contributed by atoms with Crippen LogP contribution < -0.4 is 15.2 Å². The fourth-order valence-corrected chi connectivity index (χ4v) is 2.30. The highest BCUT2D eigenvalue weighted by Gasteiger charge is 2.21. The van der Waals surface area contributed by atoms with Gasteiger partial charge in [0.2, 0.25) is 0 Å². The fraction of sp³-hybridized carbons (Fsp3) is 0.412. The summed E-state index contributed by atoms with van der Waals surface area (Å²) < 4.78 is 16.2. The Morgan fingerprint density at radius 1 is 1.48 bits per heavy atom. The summed E-state index contributed by atoms with van der Waals surface area (Å²) in [5.74, 6) is 0.130. The molecule has 6 nitrogen and oxygen atoms in total. The first kappa shape index (κ1) is 16.9. The van der Waals surface area contributed by atoms with Crippen LogP contribution in [-0.2, 0) is 20.7 Å². The first-order valence-electron chi connectivity index (χ1n) is 7.55. The largest absolute Gasteiger partial charge is 0.493 e. The lowest BCUT2D eigenvalue weighted by molar-refractivity contribution is -0.148. The minimum Gasteiger partial charge on any atom is -0.493 e. The molecule has 0 saturated carbocycles. The van der Waals surface area contributed by atoms with Gasteiger partial charge in [0.25, 0.3) is 5.91 Å². The summed E-state index contributed by atoms with van der Waals surface area (Å²) in [6, 6.07) is 3.77. The summed E-state index contributed by atoms with van der Waals surface area (Å²) >= 11 is 0. The second-order valence-electron chi connectivity index (χ2n) is 5.38. The minimum atomic E-state index is -0.970. The third-order valence-corrected chi connectivity index (χ3v) is 3.42. The van der Waals surface area contributed by atoms with Crippen molar-refractivity contribution in [1.29, 1.82) is 0 Å². The zero-order chi connectivity index (χ0) is 17.0. The number of rotatable bonds is 6.